The lowest BCUT2D eigenvalue weighted by Crippen LogP contribution is -2.48. The summed E-state index contributed by atoms with van der Waals surface area (Å²) < 4.78 is 12.8. The highest BCUT2D eigenvalue weighted by molar-refractivity contribution is 5.84. The zero-order valence-electron chi connectivity index (χ0n) is 20.9. The van der Waals surface area contributed by atoms with Crippen LogP contribution in [0.2, 0.25) is 0 Å². The number of aromatic nitrogens is 3. The lowest BCUT2D eigenvalue weighted by Gasteiger charge is -2.36. The molecule has 0 bridgehead atoms. The van der Waals surface area contributed by atoms with E-state index in [-0.39, 0.29) is 0 Å². The van der Waals surface area contributed by atoms with Gasteiger partial charge in [0.15, 0.2) is 0 Å². The van der Waals surface area contributed by atoms with Crippen LogP contribution in [0.15, 0.2) is 54.9 Å². The normalized spacial score (nSPS) is 14.9. The summed E-state index contributed by atoms with van der Waals surface area (Å²) in [6, 6.07) is 16.8. The Morgan fingerprint density at radius 2 is 1.77 bits per heavy atom. The fourth-order valence-electron chi connectivity index (χ4n) is 4.51. The number of rotatable bonds is 9. The summed E-state index contributed by atoms with van der Waals surface area (Å²) in [5, 5.41) is 1.15. The van der Waals surface area contributed by atoms with E-state index >= 15 is 0 Å². The number of fused-ring (bicyclic) bond motifs is 2. The molecule has 0 radical (unpaired) electrons. The molecule has 0 saturated carbocycles. The summed E-state index contributed by atoms with van der Waals surface area (Å²) in [5.41, 5.74) is 4.13. The number of anilines is 1. The van der Waals surface area contributed by atoms with Crippen LogP contribution in [0, 0.1) is 0 Å². The minimum absolute atomic E-state index is 0.517. The molecule has 0 N–H and O–H groups in total. The van der Waals surface area contributed by atoms with E-state index in [1.807, 2.05) is 29.1 Å². The van der Waals surface area contributed by atoms with Crippen LogP contribution in [0.1, 0.15) is 0 Å². The number of imidazole rings is 1. The fourth-order valence-corrected chi connectivity index (χ4v) is 4.51. The van der Waals surface area contributed by atoms with Gasteiger partial charge in [0, 0.05) is 63.5 Å². The molecular weight excluding hydrogens is 440 g/mol. The van der Waals surface area contributed by atoms with Crippen molar-refractivity contribution in [2.75, 3.05) is 78.6 Å². The predicted octanol–water partition coefficient (Wildman–Crippen LogP) is 3.28. The van der Waals surface area contributed by atoms with Crippen molar-refractivity contribution in [2.24, 2.45) is 0 Å². The molecule has 5 rings (SSSR count). The fraction of sp³-hybridized carbons (Fsp3) is 0.407. The van der Waals surface area contributed by atoms with Crippen LogP contribution >= 0.6 is 0 Å². The van der Waals surface area contributed by atoms with Crippen molar-refractivity contribution >= 4 is 27.6 Å². The Labute approximate surface area is 206 Å². The van der Waals surface area contributed by atoms with E-state index in [4.69, 9.17) is 14.5 Å². The molecular formula is C27H34N6O2. The molecule has 0 unspecified atom stereocenters. The Morgan fingerprint density at radius 1 is 0.914 bits per heavy atom. The van der Waals surface area contributed by atoms with Crippen LogP contribution < -0.4 is 9.64 Å². The second-order valence-electron chi connectivity index (χ2n) is 9.28. The average Bonchev–Trinajstić information content (AvgIpc) is 3.31. The molecule has 0 amide bonds. The molecule has 2 aromatic carbocycles. The molecule has 0 spiro atoms. The minimum atomic E-state index is 0.517. The molecule has 8 nitrogen and oxygen atoms in total. The van der Waals surface area contributed by atoms with E-state index in [1.165, 1.54) is 5.69 Å². The van der Waals surface area contributed by atoms with Gasteiger partial charge >= 0.3 is 0 Å². The van der Waals surface area contributed by atoms with Crippen molar-refractivity contribution in [3.05, 3.63) is 54.9 Å². The van der Waals surface area contributed by atoms with Crippen LogP contribution in [-0.4, -0.2) is 98.0 Å². The molecule has 0 atom stereocenters. The third-order valence-corrected chi connectivity index (χ3v) is 6.58. The number of ether oxygens (including phenoxy) is 2. The zero-order chi connectivity index (χ0) is 24.2. The number of benzene rings is 2. The molecule has 1 saturated heterocycles. The third kappa shape index (κ3) is 5.40. The summed E-state index contributed by atoms with van der Waals surface area (Å²) in [6.07, 6.45) is 1.82. The lowest BCUT2D eigenvalue weighted by atomic mass is 10.1. The SMILES string of the molecule is COCCOc1ccc2c(c1)ncn2-c1ccc2cc(N3CCN(CCN(C)C)CC3)ccc2n1. The van der Waals surface area contributed by atoms with Gasteiger partial charge < -0.3 is 19.3 Å². The zero-order valence-corrected chi connectivity index (χ0v) is 20.9. The Balaban J connectivity index is 1.30. The Bertz CT molecular complexity index is 1280. The third-order valence-electron chi connectivity index (χ3n) is 6.58. The highest BCUT2D eigenvalue weighted by Crippen LogP contribution is 2.26. The highest BCUT2D eigenvalue weighted by atomic mass is 16.5. The second-order valence-corrected chi connectivity index (χ2v) is 9.28. The van der Waals surface area contributed by atoms with Gasteiger partial charge in [-0.2, -0.15) is 0 Å². The smallest absolute Gasteiger partial charge is 0.139 e. The van der Waals surface area contributed by atoms with Crippen molar-refractivity contribution in [1.82, 2.24) is 24.3 Å². The molecule has 1 aliphatic rings. The van der Waals surface area contributed by atoms with E-state index in [0.29, 0.717) is 13.2 Å². The summed E-state index contributed by atoms with van der Waals surface area (Å²) >= 11 is 0. The van der Waals surface area contributed by atoms with Gasteiger partial charge in [0.1, 0.15) is 24.5 Å². The maximum Gasteiger partial charge on any atom is 0.139 e. The topological polar surface area (TPSA) is 58.9 Å². The maximum absolute atomic E-state index is 5.72. The molecule has 0 aliphatic carbocycles. The number of piperazine rings is 1. The van der Waals surface area contributed by atoms with Crippen molar-refractivity contribution in [3.8, 4) is 11.6 Å². The second kappa shape index (κ2) is 10.6. The van der Waals surface area contributed by atoms with Gasteiger partial charge in [-0.3, -0.25) is 9.47 Å². The van der Waals surface area contributed by atoms with Gasteiger partial charge in [-0.15, -0.1) is 0 Å². The first kappa shape index (κ1) is 23.5. The number of hydrogen-bond donors (Lipinski definition) is 0. The Morgan fingerprint density at radius 3 is 2.57 bits per heavy atom. The average molecular weight is 475 g/mol. The molecule has 1 fully saturated rings. The van der Waals surface area contributed by atoms with E-state index in [1.54, 1.807) is 7.11 Å². The standard InChI is InChI=1S/C27H34N6O2/c1-30(2)10-11-31-12-14-32(15-13-31)22-5-7-24-21(18-22)4-9-27(29-24)33-20-28-25-19-23(6-8-26(25)33)35-17-16-34-3/h4-9,18-20H,10-17H2,1-3H3. The molecule has 2 aromatic heterocycles. The van der Waals surface area contributed by atoms with Gasteiger partial charge in [-0.05, 0) is 56.6 Å². The highest BCUT2D eigenvalue weighted by Gasteiger charge is 2.17. The number of nitrogens with zero attached hydrogens (tertiary/aromatic N) is 6. The van der Waals surface area contributed by atoms with Gasteiger partial charge in [0.25, 0.3) is 0 Å². The molecule has 4 aromatic rings. The van der Waals surface area contributed by atoms with Crippen LogP contribution in [0.5, 0.6) is 5.75 Å². The van der Waals surface area contributed by atoms with Crippen LogP contribution in [-0.2, 0) is 4.74 Å². The van der Waals surface area contributed by atoms with E-state index in [0.717, 1.165) is 72.8 Å². The van der Waals surface area contributed by atoms with E-state index in [9.17, 15) is 0 Å². The van der Waals surface area contributed by atoms with Crippen molar-refractivity contribution in [2.45, 2.75) is 0 Å². The Kier molecular flexibility index (Phi) is 7.13. The van der Waals surface area contributed by atoms with Crippen molar-refractivity contribution in [1.29, 1.82) is 0 Å². The van der Waals surface area contributed by atoms with Crippen molar-refractivity contribution < 1.29 is 9.47 Å². The first-order valence-electron chi connectivity index (χ1n) is 12.2. The minimum Gasteiger partial charge on any atom is -0.491 e. The first-order chi connectivity index (χ1) is 17.1. The quantitative estimate of drug-likeness (QED) is 0.345. The van der Waals surface area contributed by atoms with Crippen LogP contribution in [0.3, 0.4) is 0 Å². The molecule has 3 heterocycles. The van der Waals surface area contributed by atoms with Gasteiger partial charge in [0.05, 0.1) is 23.2 Å². The van der Waals surface area contributed by atoms with E-state index in [2.05, 4.69) is 64.1 Å². The van der Waals surface area contributed by atoms with E-state index < -0.39 is 0 Å². The summed E-state index contributed by atoms with van der Waals surface area (Å²) in [7, 11) is 5.94. The van der Waals surface area contributed by atoms with Crippen LogP contribution in [0.25, 0.3) is 27.8 Å². The van der Waals surface area contributed by atoms with Gasteiger partial charge in [0.2, 0.25) is 0 Å². The number of methoxy groups -OCH3 is 1. The predicted molar refractivity (Wildman–Crippen MR) is 141 cm³/mol. The first-order valence-corrected chi connectivity index (χ1v) is 12.2. The van der Waals surface area contributed by atoms with Gasteiger partial charge in [-0.25, -0.2) is 9.97 Å². The monoisotopic (exact) mass is 474 g/mol. The largest absolute Gasteiger partial charge is 0.491 e. The van der Waals surface area contributed by atoms with Gasteiger partial charge in [-0.1, -0.05) is 0 Å². The molecule has 35 heavy (non-hydrogen) atoms. The Hall–Kier alpha value is -3.20. The summed E-state index contributed by atoms with van der Waals surface area (Å²) in [4.78, 5) is 16.8. The molecule has 1 aliphatic heterocycles. The number of pyridine rings is 1. The summed E-state index contributed by atoms with van der Waals surface area (Å²) in [6.45, 7) is 7.65. The van der Waals surface area contributed by atoms with Crippen LogP contribution in [0.4, 0.5) is 5.69 Å². The molecule has 184 valence electrons. The summed E-state index contributed by atoms with van der Waals surface area (Å²) in [5.74, 6) is 1.65. The lowest BCUT2D eigenvalue weighted by molar-refractivity contribution is 0.146. The number of hydrogen-bond acceptors (Lipinski definition) is 7. The molecule has 8 heteroatoms. The maximum atomic E-state index is 5.72. The van der Waals surface area contributed by atoms with Crippen molar-refractivity contribution in [3.63, 3.8) is 0 Å². The number of likely N-dealkylation sites (N-methyl/N-ethyl adjacent to an activating group) is 1.